The molecule has 2 N–H and O–H groups in total. The Balaban J connectivity index is 2.16. The first-order chi connectivity index (χ1) is 7.72. The largest absolute Gasteiger partial charge is 0.494 e. The Morgan fingerprint density at radius 2 is 2.06 bits per heavy atom. The van der Waals surface area contributed by atoms with Gasteiger partial charge in [0.1, 0.15) is 0 Å². The predicted molar refractivity (Wildman–Crippen MR) is 61.8 cm³/mol. The number of nitrogens with two attached hydrogens (primary N) is 1. The van der Waals surface area contributed by atoms with Crippen LogP contribution in [0.15, 0.2) is 18.2 Å². The number of halogens is 1. The highest BCUT2D eigenvalue weighted by Gasteiger charge is 2.23. The average molecular weight is 223 g/mol. The van der Waals surface area contributed by atoms with Crippen molar-refractivity contribution in [2.45, 2.75) is 31.7 Å². The van der Waals surface area contributed by atoms with Crippen LogP contribution < -0.4 is 10.5 Å². The summed E-state index contributed by atoms with van der Waals surface area (Å²) in [6.45, 7) is 0. The van der Waals surface area contributed by atoms with E-state index in [1.807, 2.05) is 6.07 Å². The van der Waals surface area contributed by atoms with Crippen LogP contribution in [0.4, 0.5) is 4.39 Å². The highest BCUT2D eigenvalue weighted by Crippen LogP contribution is 2.35. The van der Waals surface area contributed by atoms with Gasteiger partial charge in [-0.15, -0.1) is 0 Å². The molecule has 0 aliphatic heterocycles. The van der Waals surface area contributed by atoms with E-state index < -0.39 is 0 Å². The number of ether oxygens (including phenoxy) is 1. The predicted octanol–water partition coefficient (Wildman–Crippen LogP) is 3.02. The summed E-state index contributed by atoms with van der Waals surface area (Å²) >= 11 is 0. The molecule has 1 saturated carbocycles. The summed E-state index contributed by atoms with van der Waals surface area (Å²) in [5.41, 5.74) is 7.03. The van der Waals surface area contributed by atoms with Gasteiger partial charge in [-0.1, -0.05) is 18.9 Å². The van der Waals surface area contributed by atoms with Crippen molar-refractivity contribution in [1.29, 1.82) is 0 Å². The van der Waals surface area contributed by atoms with Gasteiger partial charge in [0.2, 0.25) is 0 Å². The molecule has 1 fully saturated rings. The lowest BCUT2D eigenvalue weighted by molar-refractivity contribution is 0.384. The number of benzene rings is 1. The lowest BCUT2D eigenvalue weighted by Crippen LogP contribution is -2.19. The molecule has 16 heavy (non-hydrogen) atoms. The summed E-state index contributed by atoms with van der Waals surface area (Å²) in [5.74, 6) is 0.462. The second-order valence-corrected chi connectivity index (χ2v) is 4.46. The second-order valence-electron chi connectivity index (χ2n) is 4.46. The summed E-state index contributed by atoms with van der Waals surface area (Å²) < 4.78 is 18.4. The van der Waals surface area contributed by atoms with Crippen LogP contribution in [0.2, 0.25) is 0 Å². The van der Waals surface area contributed by atoms with E-state index in [0.29, 0.717) is 5.92 Å². The van der Waals surface area contributed by atoms with Gasteiger partial charge in [0.05, 0.1) is 7.11 Å². The monoisotopic (exact) mass is 223 g/mol. The van der Waals surface area contributed by atoms with Gasteiger partial charge >= 0.3 is 0 Å². The lowest BCUT2D eigenvalue weighted by atomic mass is 9.92. The molecule has 88 valence electrons. The minimum Gasteiger partial charge on any atom is -0.494 e. The van der Waals surface area contributed by atoms with Crippen LogP contribution in [0, 0.1) is 11.7 Å². The van der Waals surface area contributed by atoms with Crippen LogP contribution in [0.5, 0.6) is 5.75 Å². The van der Waals surface area contributed by atoms with Gasteiger partial charge in [0, 0.05) is 6.04 Å². The van der Waals surface area contributed by atoms with Crippen LogP contribution in [0.1, 0.15) is 37.3 Å². The van der Waals surface area contributed by atoms with Crippen molar-refractivity contribution in [3.8, 4) is 5.75 Å². The van der Waals surface area contributed by atoms with E-state index in [9.17, 15) is 4.39 Å². The quantitative estimate of drug-likeness (QED) is 0.854. The molecular weight excluding hydrogens is 205 g/mol. The summed E-state index contributed by atoms with van der Waals surface area (Å²) in [6, 6.07) is 4.98. The Kier molecular flexibility index (Phi) is 3.44. The van der Waals surface area contributed by atoms with E-state index in [0.717, 1.165) is 18.4 Å². The van der Waals surface area contributed by atoms with Gasteiger partial charge in [-0.2, -0.15) is 0 Å². The molecule has 1 atom stereocenters. The van der Waals surface area contributed by atoms with Crippen LogP contribution in [0.25, 0.3) is 0 Å². The molecule has 0 heterocycles. The average Bonchev–Trinajstić information content (AvgIpc) is 2.81. The van der Waals surface area contributed by atoms with Gasteiger partial charge in [0.15, 0.2) is 11.6 Å². The molecule has 1 aliphatic carbocycles. The van der Waals surface area contributed by atoms with Gasteiger partial charge in [-0.05, 0) is 36.5 Å². The summed E-state index contributed by atoms with van der Waals surface area (Å²) in [6.07, 6.45) is 4.82. The lowest BCUT2D eigenvalue weighted by Gasteiger charge is -2.19. The van der Waals surface area contributed by atoms with E-state index in [2.05, 4.69) is 0 Å². The van der Waals surface area contributed by atoms with E-state index in [1.54, 1.807) is 6.07 Å². The smallest absolute Gasteiger partial charge is 0.165 e. The molecule has 1 aromatic rings. The SMILES string of the molecule is COc1ccc([C@H](N)C2CCCC2)cc1F. The highest BCUT2D eigenvalue weighted by molar-refractivity contribution is 5.31. The van der Waals surface area contributed by atoms with Crippen LogP contribution in [-0.4, -0.2) is 7.11 Å². The normalized spacial score (nSPS) is 18.7. The Morgan fingerprint density at radius 1 is 1.38 bits per heavy atom. The molecule has 0 unspecified atom stereocenters. The fraction of sp³-hybridized carbons (Fsp3) is 0.538. The van der Waals surface area contributed by atoms with Gasteiger partial charge in [-0.3, -0.25) is 0 Å². The Bertz CT molecular complexity index is 361. The number of methoxy groups -OCH3 is 1. The van der Waals surface area contributed by atoms with Crippen molar-refractivity contribution in [3.05, 3.63) is 29.6 Å². The van der Waals surface area contributed by atoms with Crippen molar-refractivity contribution in [2.24, 2.45) is 11.7 Å². The van der Waals surface area contributed by atoms with Gasteiger partial charge in [0.25, 0.3) is 0 Å². The topological polar surface area (TPSA) is 35.2 Å². The Morgan fingerprint density at radius 3 is 2.62 bits per heavy atom. The number of hydrogen-bond donors (Lipinski definition) is 1. The molecule has 0 radical (unpaired) electrons. The molecule has 2 nitrogen and oxygen atoms in total. The maximum Gasteiger partial charge on any atom is 0.165 e. The van der Waals surface area contributed by atoms with E-state index in [1.165, 1.54) is 26.0 Å². The molecule has 0 amide bonds. The minimum absolute atomic E-state index is 0.0390. The second kappa shape index (κ2) is 4.83. The van der Waals surface area contributed by atoms with Crippen LogP contribution in [0.3, 0.4) is 0 Å². The van der Waals surface area contributed by atoms with Crippen molar-refractivity contribution < 1.29 is 9.13 Å². The molecular formula is C13H18FNO. The zero-order chi connectivity index (χ0) is 11.5. The summed E-state index contributed by atoms with van der Waals surface area (Å²) in [4.78, 5) is 0. The van der Waals surface area contributed by atoms with Crippen LogP contribution in [-0.2, 0) is 0 Å². The van der Waals surface area contributed by atoms with E-state index >= 15 is 0 Å². The van der Waals surface area contributed by atoms with Crippen molar-refractivity contribution >= 4 is 0 Å². The molecule has 0 spiro atoms. The van der Waals surface area contributed by atoms with E-state index in [-0.39, 0.29) is 17.6 Å². The van der Waals surface area contributed by atoms with Gasteiger partial charge < -0.3 is 10.5 Å². The highest BCUT2D eigenvalue weighted by atomic mass is 19.1. The zero-order valence-corrected chi connectivity index (χ0v) is 9.58. The zero-order valence-electron chi connectivity index (χ0n) is 9.58. The summed E-state index contributed by atoms with van der Waals surface area (Å²) in [5, 5.41) is 0. The first-order valence-electron chi connectivity index (χ1n) is 5.81. The summed E-state index contributed by atoms with van der Waals surface area (Å²) in [7, 11) is 1.47. The molecule has 3 heteroatoms. The van der Waals surface area contributed by atoms with E-state index in [4.69, 9.17) is 10.5 Å². The molecule has 1 aromatic carbocycles. The third-order valence-electron chi connectivity index (χ3n) is 3.47. The maximum absolute atomic E-state index is 13.5. The molecule has 0 aromatic heterocycles. The first-order valence-corrected chi connectivity index (χ1v) is 5.81. The van der Waals surface area contributed by atoms with Crippen molar-refractivity contribution in [3.63, 3.8) is 0 Å². The van der Waals surface area contributed by atoms with Crippen molar-refractivity contribution in [2.75, 3.05) is 7.11 Å². The van der Waals surface area contributed by atoms with Crippen molar-refractivity contribution in [1.82, 2.24) is 0 Å². The maximum atomic E-state index is 13.5. The standard InChI is InChI=1S/C13H18FNO/c1-16-12-7-6-10(8-11(12)14)13(15)9-4-2-3-5-9/h6-9,13H,2-5,15H2,1H3/t13-/m1/s1. The first kappa shape index (κ1) is 11.4. The third-order valence-corrected chi connectivity index (χ3v) is 3.47. The number of hydrogen-bond acceptors (Lipinski definition) is 2. The third kappa shape index (κ3) is 2.19. The Hall–Kier alpha value is -1.09. The van der Waals surface area contributed by atoms with Crippen LogP contribution >= 0.6 is 0 Å². The molecule has 0 saturated heterocycles. The van der Waals surface area contributed by atoms with Gasteiger partial charge in [-0.25, -0.2) is 4.39 Å². The number of rotatable bonds is 3. The Labute approximate surface area is 95.6 Å². The minimum atomic E-state index is -0.326. The fourth-order valence-electron chi connectivity index (χ4n) is 2.48. The molecule has 0 bridgehead atoms. The fourth-order valence-corrected chi connectivity index (χ4v) is 2.48. The molecule has 2 rings (SSSR count). The molecule has 1 aliphatic rings.